The molecule has 3 N–H and O–H groups in total. The van der Waals surface area contributed by atoms with E-state index in [4.69, 9.17) is 18.0 Å². The van der Waals surface area contributed by atoms with E-state index >= 15 is 0 Å². The zero-order valence-electron chi connectivity index (χ0n) is 10.3. The molecule has 0 saturated carbocycles. The number of carbonyl (C=O) groups is 1. The maximum absolute atomic E-state index is 11.8. The Kier molecular flexibility index (Phi) is 4.26. The Labute approximate surface area is 117 Å². The van der Waals surface area contributed by atoms with E-state index in [0.717, 1.165) is 16.8 Å². The van der Waals surface area contributed by atoms with Crippen molar-refractivity contribution in [2.45, 2.75) is 6.42 Å². The molecule has 2 aromatic carbocycles. The van der Waals surface area contributed by atoms with Crippen molar-refractivity contribution in [3.8, 4) is 0 Å². The van der Waals surface area contributed by atoms with E-state index < -0.39 is 0 Å². The lowest BCUT2D eigenvalue weighted by molar-refractivity contribution is -0.115. The molecule has 0 spiro atoms. The number of hydrogen-bond donors (Lipinski definition) is 2. The van der Waals surface area contributed by atoms with Gasteiger partial charge in [0.25, 0.3) is 0 Å². The molecular formula is C15H14N2OS. The molecule has 96 valence electrons. The number of anilines is 1. The zero-order valence-corrected chi connectivity index (χ0v) is 11.1. The van der Waals surface area contributed by atoms with Crippen molar-refractivity contribution >= 4 is 28.8 Å². The van der Waals surface area contributed by atoms with Gasteiger partial charge in [-0.2, -0.15) is 0 Å². The quantitative estimate of drug-likeness (QED) is 0.839. The van der Waals surface area contributed by atoms with Crippen LogP contribution in [-0.2, 0) is 11.2 Å². The standard InChI is InChI=1S/C15H14N2OS/c16-15(19)12-6-8-13(9-7-12)17-14(18)10-11-4-2-1-3-5-11/h1-9H,10H2,(H2,16,19)(H,17,18). The Morgan fingerprint density at radius 2 is 1.68 bits per heavy atom. The number of thiocarbonyl (C=S) groups is 1. The lowest BCUT2D eigenvalue weighted by Gasteiger charge is -2.06. The van der Waals surface area contributed by atoms with Crippen molar-refractivity contribution in [3.05, 3.63) is 65.7 Å². The molecule has 0 radical (unpaired) electrons. The number of nitrogens with one attached hydrogen (secondary N) is 1. The van der Waals surface area contributed by atoms with Crippen LogP contribution in [-0.4, -0.2) is 10.9 Å². The van der Waals surface area contributed by atoms with Crippen LogP contribution in [0.5, 0.6) is 0 Å². The van der Waals surface area contributed by atoms with Gasteiger partial charge < -0.3 is 11.1 Å². The van der Waals surface area contributed by atoms with Crippen LogP contribution in [0, 0.1) is 0 Å². The third-order valence-corrected chi connectivity index (χ3v) is 2.90. The maximum atomic E-state index is 11.8. The number of nitrogens with two attached hydrogens (primary N) is 1. The summed E-state index contributed by atoms with van der Waals surface area (Å²) in [6.07, 6.45) is 0.359. The fourth-order valence-electron chi connectivity index (χ4n) is 1.70. The van der Waals surface area contributed by atoms with Crippen LogP contribution >= 0.6 is 12.2 Å². The Bertz CT molecular complexity index is 579. The van der Waals surface area contributed by atoms with Gasteiger partial charge in [-0.3, -0.25) is 4.79 Å². The van der Waals surface area contributed by atoms with Crippen molar-refractivity contribution in [1.29, 1.82) is 0 Å². The Morgan fingerprint density at radius 3 is 2.26 bits per heavy atom. The summed E-state index contributed by atoms with van der Waals surface area (Å²) in [5.41, 5.74) is 8.02. The molecule has 0 aliphatic rings. The second-order valence-electron chi connectivity index (χ2n) is 4.15. The molecule has 2 rings (SSSR count). The average Bonchev–Trinajstić information content (AvgIpc) is 2.40. The van der Waals surface area contributed by atoms with E-state index in [0.29, 0.717) is 11.4 Å². The van der Waals surface area contributed by atoms with E-state index in [2.05, 4.69) is 5.32 Å². The third kappa shape index (κ3) is 3.89. The fraction of sp³-hybridized carbons (Fsp3) is 0.0667. The van der Waals surface area contributed by atoms with Gasteiger partial charge in [-0.15, -0.1) is 0 Å². The van der Waals surface area contributed by atoms with Gasteiger partial charge in [-0.05, 0) is 29.8 Å². The molecule has 0 saturated heterocycles. The van der Waals surface area contributed by atoms with E-state index in [-0.39, 0.29) is 5.91 Å². The largest absolute Gasteiger partial charge is 0.389 e. The first kappa shape index (κ1) is 13.2. The summed E-state index contributed by atoms with van der Waals surface area (Å²) in [5, 5.41) is 2.83. The fourth-order valence-corrected chi connectivity index (χ4v) is 1.84. The maximum Gasteiger partial charge on any atom is 0.228 e. The highest BCUT2D eigenvalue weighted by molar-refractivity contribution is 7.80. The molecule has 0 aliphatic heterocycles. The Balaban J connectivity index is 1.97. The minimum Gasteiger partial charge on any atom is -0.389 e. The Morgan fingerprint density at radius 1 is 1.05 bits per heavy atom. The van der Waals surface area contributed by atoms with Gasteiger partial charge in [-0.25, -0.2) is 0 Å². The zero-order chi connectivity index (χ0) is 13.7. The molecule has 1 amide bonds. The highest BCUT2D eigenvalue weighted by Crippen LogP contribution is 2.10. The SMILES string of the molecule is NC(=S)c1ccc(NC(=O)Cc2ccccc2)cc1. The van der Waals surface area contributed by atoms with Crippen molar-refractivity contribution < 1.29 is 4.79 Å². The monoisotopic (exact) mass is 270 g/mol. The van der Waals surface area contributed by atoms with Crippen LogP contribution in [0.25, 0.3) is 0 Å². The molecule has 0 atom stereocenters. The molecule has 0 aliphatic carbocycles. The lowest BCUT2D eigenvalue weighted by atomic mass is 10.1. The van der Waals surface area contributed by atoms with Crippen LogP contribution in [0.2, 0.25) is 0 Å². The van der Waals surface area contributed by atoms with Crippen LogP contribution in [0.1, 0.15) is 11.1 Å². The Hall–Kier alpha value is -2.20. The molecule has 4 heteroatoms. The number of rotatable bonds is 4. The van der Waals surface area contributed by atoms with E-state index in [1.165, 1.54) is 0 Å². The summed E-state index contributed by atoms with van der Waals surface area (Å²) in [5.74, 6) is -0.0470. The van der Waals surface area contributed by atoms with Gasteiger partial charge in [0, 0.05) is 11.3 Å². The summed E-state index contributed by atoms with van der Waals surface area (Å²) in [4.78, 5) is 12.2. The van der Waals surface area contributed by atoms with Gasteiger partial charge in [0.05, 0.1) is 6.42 Å². The molecule has 0 heterocycles. The molecule has 0 fully saturated rings. The lowest BCUT2D eigenvalue weighted by Crippen LogP contribution is -2.14. The molecule has 0 unspecified atom stereocenters. The smallest absolute Gasteiger partial charge is 0.228 e. The highest BCUT2D eigenvalue weighted by Gasteiger charge is 2.04. The molecular weight excluding hydrogens is 256 g/mol. The minimum atomic E-state index is -0.0470. The highest BCUT2D eigenvalue weighted by atomic mass is 32.1. The van der Waals surface area contributed by atoms with E-state index in [9.17, 15) is 4.79 Å². The molecule has 2 aromatic rings. The molecule has 0 aromatic heterocycles. The van der Waals surface area contributed by atoms with Gasteiger partial charge in [0.2, 0.25) is 5.91 Å². The van der Waals surface area contributed by atoms with Gasteiger partial charge >= 0.3 is 0 Å². The first-order chi connectivity index (χ1) is 9.15. The second-order valence-corrected chi connectivity index (χ2v) is 4.59. The molecule has 3 nitrogen and oxygen atoms in total. The summed E-state index contributed by atoms with van der Waals surface area (Å²) in [6.45, 7) is 0. The van der Waals surface area contributed by atoms with Crippen molar-refractivity contribution in [1.82, 2.24) is 0 Å². The minimum absolute atomic E-state index is 0.0470. The predicted molar refractivity (Wildman–Crippen MR) is 81.1 cm³/mol. The van der Waals surface area contributed by atoms with E-state index in [1.54, 1.807) is 24.3 Å². The van der Waals surface area contributed by atoms with Crippen molar-refractivity contribution in [2.24, 2.45) is 5.73 Å². The summed E-state index contributed by atoms with van der Waals surface area (Å²) >= 11 is 4.87. The van der Waals surface area contributed by atoms with Gasteiger partial charge in [0.1, 0.15) is 4.99 Å². The number of hydrogen-bond acceptors (Lipinski definition) is 2. The summed E-state index contributed by atoms with van der Waals surface area (Å²) in [7, 11) is 0. The van der Waals surface area contributed by atoms with Crippen LogP contribution in [0.3, 0.4) is 0 Å². The summed E-state index contributed by atoms with van der Waals surface area (Å²) < 4.78 is 0. The third-order valence-electron chi connectivity index (χ3n) is 2.66. The van der Waals surface area contributed by atoms with Crippen LogP contribution in [0.4, 0.5) is 5.69 Å². The van der Waals surface area contributed by atoms with Crippen LogP contribution in [0.15, 0.2) is 54.6 Å². The normalized spacial score (nSPS) is 9.89. The van der Waals surface area contributed by atoms with Gasteiger partial charge in [-0.1, -0.05) is 42.5 Å². The predicted octanol–water partition coefficient (Wildman–Crippen LogP) is 2.50. The average molecular weight is 270 g/mol. The first-order valence-corrected chi connectivity index (χ1v) is 6.29. The number of amides is 1. The number of carbonyl (C=O) groups excluding carboxylic acids is 1. The summed E-state index contributed by atoms with van der Waals surface area (Å²) in [6, 6.07) is 16.8. The number of benzene rings is 2. The molecule has 0 bridgehead atoms. The molecule has 19 heavy (non-hydrogen) atoms. The van der Waals surface area contributed by atoms with Crippen molar-refractivity contribution in [2.75, 3.05) is 5.32 Å². The second kappa shape index (κ2) is 6.11. The van der Waals surface area contributed by atoms with Gasteiger partial charge in [0.15, 0.2) is 0 Å². The topological polar surface area (TPSA) is 55.1 Å². The van der Waals surface area contributed by atoms with Crippen LogP contribution < -0.4 is 11.1 Å². The van der Waals surface area contributed by atoms with Crippen molar-refractivity contribution in [3.63, 3.8) is 0 Å². The van der Waals surface area contributed by atoms with E-state index in [1.807, 2.05) is 30.3 Å². The first-order valence-electron chi connectivity index (χ1n) is 5.89.